The van der Waals surface area contributed by atoms with E-state index in [0.717, 1.165) is 34.5 Å². The molecule has 0 saturated heterocycles. The van der Waals surface area contributed by atoms with Crippen LogP contribution >= 0.6 is 0 Å². The Hall–Kier alpha value is -1.98. The van der Waals surface area contributed by atoms with Crippen LogP contribution < -0.4 is 10.2 Å². The Morgan fingerprint density at radius 1 is 1.00 bits per heavy atom. The molecule has 0 N–H and O–H groups in total. The topological polar surface area (TPSA) is 22.1 Å². The first-order chi connectivity index (χ1) is 9.77. The quantitative estimate of drug-likeness (QED) is 0.803. The van der Waals surface area contributed by atoms with Crippen LogP contribution in [0.4, 0.5) is 12.9 Å². The molecule has 0 aliphatic heterocycles. The van der Waals surface area contributed by atoms with Crippen LogP contribution in [0, 0.1) is 20.8 Å². The number of hydrogen-bond acceptors (Lipinski definition) is 2. The Morgan fingerprint density at radius 2 is 1.62 bits per heavy atom. The molecule has 0 amide bonds. The molecule has 0 bridgehead atoms. The molecule has 0 unspecified atom stereocenters. The minimum atomic E-state index is -5.06. The Kier molecular flexibility index (Phi) is 4.25. The number of aromatic nitrogens is 1. The molecule has 2 rings (SSSR count). The maximum Gasteiger partial charge on any atom is 0.511 e. The van der Waals surface area contributed by atoms with Crippen LogP contribution in [0.3, 0.4) is 0 Å². The van der Waals surface area contributed by atoms with Crippen molar-refractivity contribution >= 4 is 12.4 Å². The minimum absolute atomic E-state index is 0.131. The van der Waals surface area contributed by atoms with Gasteiger partial charge >= 0.3 is 6.98 Å². The van der Waals surface area contributed by atoms with Crippen molar-refractivity contribution in [1.82, 2.24) is 4.98 Å². The fourth-order valence-electron chi connectivity index (χ4n) is 2.29. The number of aryl methyl sites for hydroxylation is 3. The fourth-order valence-corrected chi connectivity index (χ4v) is 2.29. The summed E-state index contributed by atoms with van der Waals surface area (Å²) in [6.45, 7) is 1.10. The van der Waals surface area contributed by atoms with Gasteiger partial charge in [-0.05, 0) is 43.5 Å². The molecule has 21 heavy (non-hydrogen) atoms. The lowest BCUT2D eigenvalue weighted by molar-refractivity contribution is 0.303. The molecule has 2 aromatic rings. The maximum atomic E-state index is 12.7. The second kappa shape index (κ2) is 5.80. The zero-order valence-electron chi connectivity index (χ0n) is 12.2. The third-order valence-electron chi connectivity index (χ3n) is 3.34. The first kappa shape index (κ1) is 15.4. The standard InChI is InChI=1S/C15H16BF3NO/c1-10-4-11(2)15(12(3)5-10)9-21-14-6-13(7-20-8-14)16(17,18)19/h4-8H,9H2,1-3H3/q-1. The number of nitrogens with zero attached hydrogens (tertiary/aromatic N) is 1. The molecule has 1 aromatic carbocycles. The molecule has 0 fully saturated rings. The van der Waals surface area contributed by atoms with Gasteiger partial charge in [-0.25, -0.2) is 0 Å². The molecule has 1 heterocycles. The van der Waals surface area contributed by atoms with Gasteiger partial charge in [0.05, 0.1) is 6.20 Å². The van der Waals surface area contributed by atoms with Gasteiger partial charge in [0.1, 0.15) is 12.4 Å². The van der Waals surface area contributed by atoms with E-state index in [2.05, 4.69) is 4.98 Å². The molecular weight excluding hydrogens is 278 g/mol. The lowest BCUT2D eigenvalue weighted by Gasteiger charge is -2.16. The molecule has 0 spiro atoms. The predicted octanol–water partition coefficient (Wildman–Crippen LogP) is 3.64. The van der Waals surface area contributed by atoms with Crippen molar-refractivity contribution in [2.24, 2.45) is 0 Å². The minimum Gasteiger partial charge on any atom is -0.487 e. The molecule has 0 radical (unpaired) electrons. The average Bonchev–Trinajstić information content (AvgIpc) is 2.36. The van der Waals surface area contributed by atoms with Gasteiger partial charge in [-0.15, -0.1) is 0 Å². The van der Waals surface area contributed by atoms with Crippen molar-refractivity contribution in [1.29, 1.82) is 0 Å². The van der Waals surface area contributed by atoms with Gasteiger partial charge in [0, 0.05) is 6.20 Å². The number of pyridine rings is 1. The molecule has 2 nitrogen and oxygen atoms in total. The monoisotopic (exact) mass is 294 g/mol. The molecule has 0 atom stereocenters. The predicted molar refractivity (Wildman–Crippen MR) is 77.9 cm³/mol. The van der Waals surface area contributed by atoms with Crippen LogP contribution in [-0.2, 0) is 6.61 Å². The number of rotatable bonds is 4. The summed E-state index contributed by atoms with van der Waals surface area (Å²) in [4.78, 5) is 3.59. The first-order valence-electron chi connectivity index (χ1n) is 6.62. The highest BCUT2D eigenvalue weighted by Gasteiger charge is 2.26. The third kappa shape index (κ3) is 3.77. The molecule has 6 heteroatoms. The van der Waals surface area contributed by atoms with Crippen molar-refractivity contribution in [3.05, 3.63) is 52.8 Å². The summed E-state index contributed by atoms with van der Waals surface area (Å²) >= 11 is 0. The highest BCUT2D eigenvalue weighted by atomic mass is 19.4. The number of hydrogen-bond donors (Lipinski definition) is 0. The van der Waals surface area contributed by atoms with E-state index < -0.39 is 12.4 Å². The summed E-state index contributed by atoms with van der Waals surface area (Å²) in [6, 6.07) is 5.05. The zero-order valence-corrected chi connectivity index (χ0v) is 12.2. The smallest absolute Gasteiger partial charge is 0.487 e. The van der Waals surface area contributed by atoms with E-state index in [4.69, 9.17) is 4.74 Å². The number of ether oxygens (including phenoxy) is 1. The van der Waals surface area contributed by atoms with Crippen LogP contribution in [0.15, 0.2) is 30.6 Å². The Balaban J connectivity index is 2.18. The van der Waals surface area contributed by atoms with E-state index in [-0.39, 0.29) is 12.4 Å². The summed E-state index contributed by atoms with van der Waals surface area (Å²) in [6.07, 6.45) is 2.11. The number of benzene rings is 1. The van der Waals surface area contributed by atoms with Crippen LogP contribution in [0.5, 0.6) is 5.75 Å². The van der Waals surface area contributed by atoms with Crippen molar-refractivity contribution in [3.8, 4) is 5.75 Å². The molecule has 112 valence electrons. The van der Waals surface area contributed by atoms with E-state index in [1.54, 1.807) is 0 Å². The number of halogens is 3. The van der Waals surface area contributed by atoms with Gasteiger partial charge < -0.3 is 17.7 Å². The first-order valence-corrected chi connectivity index (χ1v) is 6.62. The summed E-state index contributed by atoms with van der Waals surface area (Å²) in [5, 5.41) is 0. The Labute approximate surface area is 122 Å². The van der Waals surface area contributed by atoms with Crippen molar-refractivity contribution in [3.63, 3.8) is 0 Å². The van der Waals surface area contributed by atoms with Gasteiger partial charge in [0.25, 0.3) is 0 Å². The van der Waals surface area contributed by atoms with E-state index in [1.807, 2.05) is 32.9 Å². The summed E-state index contributed by atoms with van der Waals surface area (Å²) in [5.74, 6) is 0.131. The largest absolute Gasteiger partial charge is 0.511 e. The zero-order chi connectivity index (χ0) is 15.6. The van der Waals surface area contributed by atoms with Crippen LogP contribution in [0.1, 0.15) is 22.3 Å². The highest BCUT2D eigenvalue weighted by molar-refractivity contribution is 6.73. The molecular formula is C15H16BF3NO-. The normalized spacial score (nSPS) is 11.5. The summed E-state index contributed by atoms with van der Waals surface area (Å²) < 4.78 is 43.5. The maximum absolute atomic E-state index is 12.7. The average molecular weight is 294 g/mol. The van der Waals surface area contributed by atoms with Gasteiger partial charge in [0.15, 0.2) is 0 Å². The molecule has 0 aliphatic carbocycles. The summed E-state index contributed by atoms with van der Waals surface area (Å²) in [7, 11) is 0. The van der Waals surface area contributed by atoms with Crippen molar-refractivity contribution in [2.45, 2.75) is 27.4 Å². The Morgan fingerprint density at radius 3 is 2.19 bits per heavy atom. The van der Waals surface area contributed by atoms with E-state index in [9.17, 15) is 12.9 Å². The van der Waals surface area contributed by atoms with E-state index in [1.165, 1.54) is 6.20 Å². The highest BCUT2D eigenvalue weighted by Crippen LogP contribution is 2.19. The van der Waals surface area contributed by atoms with Gasteiger partial charge in [0.2, 0.25) is 0 Å². The SMILES string of the molecule is Cc1cc(C)c(COc2cncc([B-](F)(F)F)c2)c(C)c1. The fraction of sp³-hybridized carbons (Fsp3) is 0.267. The van der Waals surface area contributed by atoms with E-state index in [0.29, 0.717) is 0 Å². The second-order valence-electron chi connectivity index (χ2n) is 5.19. The van der Waals surface area contributed by atoms with Crippen LogP contribution in [0.2, 0.25) is 0 Å². The second-order valence-corrected chi connectivity index (χ2v) is 5.19. The van der Waals surface area contributed by atoms with Crippen LogP contribution in [-0.4, -0.2) is 12.0 Å². The lowest BCUT2D eigenvalue weighted by atomic mass is 9.81. The van der Waals surface area contributed by atoms with Gasteiger partial charge in [-0.3, -0.25) is 4.98 Å². The Bertz CT molecular complexity index is 633. The van der Waals surface area contributed by atoms with Crippen molar-refractivity contribution in [2.75, 3.05) is 0 Å². The van der Waals surface area contributed by atoms with Gasteiger partial charge in [-0.2, -0.15) is 0 Å². The van der Waals surface area contributed by atoms with Crippen molar-refractivity contribution < 1.29 is 17.7 Å². The van der Waals surface area contributed by atoms with Crippen LogP contribution in [0.25, 0.3) is 0 Å². The molecule has 0 saturated carbocycles. The third-order valence-corrected chi connectivity index (χ3v) is 3.34. The molecule has 0 aliphatic rings. The lowest BCUT2D eigenvalue weighted by Crippen LogP contribution is -2.34. The summed E-state index contributed by atoms with van der Waals surface area (Å²) in [5.41, 5.74) is 3.53. The molecule has 1 aromatic heterocycles. The van der Waals surface area contributed by atoms with Gasteiger partial charge in [-0.1, -0.05) is 23.2 Å². The van der Waals surface area contributed by atoms with E-state index >= 15 is 0 Å².